The molecule has 1 unspecified atom stereocenters. The average molecular weight is 308 g/mol. The second-order valence-corrected chi connectivity index (χ2v) is 7.20. The van der Waals surface area contributed by atoms with E-state index < -0.39 is 10.8 Å². The van der Waals surface area contributed by atoms with Crippen LogP contribution in [0.4, 0.5) is 0 Å². The van der Waals surface area contributed by atoms with Crippen LogP contribution in [-0.2, 0) is 23.1 Å². The van der Waals surface area contributed by atoms with Crippen molar-refractivity contribution < 1.29 is 9.00 Å². The first-order valence-electron chi connectivity index (χ1n) is 6.13. The minimum Gasteiger partial charge on any atom is -0.347 e. The van der Waals surface area contributed by atoms with Gasteiger partial charge in [-0.25, -0.2) is 4.98 Å². The van der Waals surface area contributed by atoms with E-state index in [0.717, 1.165) is 15.4 Å². The molecule has 0 aliphatic rings. The molecule has 2 rings (SSSR count). The fraction of sp³-hybridized carbons (Fsp3) is 0.286. The number of aromatic nitrogens is 1. The molecule has 2 aromatic rings. The summed E-state index contributed by atoms with van der Waals surface area (Å²) in [4.78, 5) is 17.2. The predicted molar refractivity (Wildman–Crippen MR) is 82.2 cm³/mol. The highest BCUT2D eigenvalue weighted by Gasteiger charge is 2.07. The van der Waals surface area contributed by atoms with Crippen molar-refractivity contribution >= 4 is 28.0 Å². The zero-order chi connectivity index (χ0) is 14.5. The van der Waals surface area contributed by atoms with E-state index in [0.29, 0.717) is 17.9 Å². The van der Waals surface area contributed by atoms with E-state index in [-0.39, 0.29) is 5.91 Å². The molecule has 0 aliphatic heterocycles. The van der Waals surface area contributed by atoms with Crippen molar-refractivity contribution in [2.75, 3.05) is 6.26 Å². The number of carbonyl (C=O) groups is 1. The van der Waals surface area contributed by atoms with Crippen molar-refractivity contribution in [2.45, 2.75) is 19.2 Å². The zero-order valence-corrected chi connectivity index (χ0v) is 13.0. The number of nitrogens with one attached hydrogen (secondary N) is 1. The topological polar surface area (TPSA) is 59.1 Å². The SMILES string of the molecule is Cc1ncc(CNC(=O)c2cccc(CS(C)=O)c2)s1. The molecular weight excluding hydrogens is 292 g/mol. The molecule has 1 amide bonds. The second kappa shape index (κ2) is 6.76. The molecule has 106 valence electrons. The molecule has 0 spiro atoms. The first-order valence-corrected chi connectivity index (χ1v) is 8.67. The number of carbonyl (C=O) groups excluding carboxylic acids is 1. The van der Waals surface area contributed by atoms with Gasteiger partial charge in [0.25, 0.3) is 5.91 Å². The maximum absolute atomic E-state index is 12.1. The number of aryl methyl sites for hydroxylation is 1. The van der Waals surface area contributed by atoms with Gasteiger partial charge in [-0.3, -0.25) is 9.00 Å². The van der Waals surface area contributed by atoms with Crippen molar-refractivity contribution in [1.82, 2.24) is 10.3 Å². The number of rotatable bonds is 5. The Morgan fingerprint density at radius 2 is 2.25 bits per heavy atom. The van der Waals surface area contributed by atoms with Crippen molar-refractivity contribution in [1.29, 1.82) is 0 Å². The number of hydrogen-bond donors (Lipinski definition) is 1. The van der Waals surface area contributed by atoms with Crippen LogP contribution in [0.1, 0.15) is 25.8 Å². The molecule has 1 aromatic heterocycles. The minimum absolute atomic E-state index is 0.125. The number of amides is 1. The maximum Gasteiger partial charge on any atom is 0.251 e. The molecule has 1 atom stereocenters. The van der Waals surface area contributed by atoms with Crippen molar-refractivity contribution in [3.8, 4) is 0 Å². The summed E-state index contributed by atoms with van der Waals surface area (Å²) in [6.45, 7) is 2.42. The molecule has 0 bridgehead atoms. The quantitative estimate of drug-likeness (QED) is 0.921. The molecule has 1 N–H and O–H groups in total. The Morgan fingerprint density at radius 1 is 1.45 bits per heavy atom. The lowest BCUT2D eigenvalue weighted by molar-refractivity contribution is 0.0951. The third-order valence-corrected chi connectivity index (χ3v) is 4.30. The van der Waals surface area contributed by atoms with Gasteiger partial charge in [0.2, 0.25) is 0 Å². The van der Waals surface area contributed by atoms with Crippen molar-refractivity contribution in [2.24, 2.45) is 0 Å². The lowest BCUT2D eigenvalue weighted by Gasteiger charge is -2.05. The normalized spacial score (nSPS) is 12.1. The fourth-order valence-corrected chi connectivity index (χ4v) is 3.18. The van der Waals surface area contributed by atoms with Gasteiger partial charge in [-0.05, 0) is 24.6 Å². The predicted octanol–water partition coefficient (Wildman–Crippen LogP) is 2.26. The third-order valence-electron chi connectivity index (χ3n) is 2.65. The van der Waals surface area contributed by atoms with Crippen LogP contribution in [-0.4, -0.2) is 21.4 Å². The van der Waals surface area contributed by atoms with E-state index in [1.807, 2.05) is 19.1 Å². The minimum atomic E-state index is -0.907. The van der Waals surface area contributed by atoms with Crippen LogP contribution in [0, 0.1) is 6.92 Å². The van der Waals surface area contributed by atoms with E-state index in [2.05, 4.69) is 10.3 Å². The molecule has 0 fully saturated rings. The molecule has 0 radical (unpaired) electrons. The Kier molecular flexibility index (Phi) is 5.03. The Balaban J connectivity index is 1.99. The van der Waals surface area contributed by atoms with E-state index in [9.17, 15) is 9.00 Å². The molecule has 0 saturated carbocycles. The number of hydrogen-bond acceptors (Lipinski definition) is 4. The third kappa shape index (κ3) is 4.25. The lowest BCUT2D eigenvalue weighted by atomic mass is 10.1. The number of nitrogens with zero attached hydrogens (tertiary/aromatic N) is 1. The largest absolute Gasteiger partial charge is 0.347 e. The monoisotopic (exact) mass is 308 g/mol. The van der Waals surface area contributed by atoms with Crippen LogP contribution < -0.4 is 5.32 Å². The van der Waals surface area contributed by atoms with Crippen LogP contribution in [0.5, 0.6) is 0 Å². The molecule has 0 aliphatic carbocycles. The van der Waals surface area contributed by atoms with Crippen LogP contribution in [0.15, 0.2) is 30.5 Å². The highest BCUT2D eigenvalue weighted by Crippen LogP contribution is 2.12. The van der Waals surface area contributed by atoms with Crippen LogP contribution >= 0.6 is 11.3 Å². The second-order valence-electron chi connectivity index (χ2n) is 4.45. The van der Waals surface area contributed by atoms with Gasteiger partial charge in [0.05, 0.1) is 11.6 Å². The van der Waals surface area contributed by atoms with E-state index in [1.165, 1.54) is 0 Å². The summed E-state index contributed by atoms with van der Waals surface area (Å²) >= 11 is 1.57. The number of thiazole rings is 1. The smallest absolute Gasteiger partial charge is 0.251 e. The summed E-state index contributed by atoms with van der Waals surface area (Å²) in [5.41, 5.74) is 1.50. The molecule has 1 heterocycles. The van der Waals surface area contributed by atoms with E-state index >= 15 is 0 Å². The summed E-state index contributed by atoms with van der Waals surface area (Å²) in [6.07, 6.45) is 3.43. The van der Waals surface area contributed by atoms with Gasteiger partial charge in [-0.15, -0.1) is 11.3 Å². The van der Waals surface area contributed by atoms with Gasteiger partial charge in [-0.1, -0.05) is 12.1 Å². The first-order chi connectivity index (χ1) is 9.54. The van der Waals surface area contributed by atoms with Crippen LogP contribution in [0.3, 0.4) is 0 Å². The number of benzene rings is 1. The van der Waals surface area contributed by atoms with Crippen molar-refractivity contribution in [3.05, 3.63) is 51.5 Å². The van der Waals surface area contributed by atoms with Gasteiger partial charge >= 0.3 is 0 Å². The van der Waals surface area contributed by atoms with Crippen molar-refractivity contribution in [3.63, 3.8) is 0 Å². The summed E-state index contributed by atoms with van der Waals surface area (Å²) < 4.78 is 11.2. The fourth-order valence-electron chi connectivity index (χ4n) is 1.79. The lowest BCUT2D eigenvalue weighted by Crippen LogP contribution is -2.22. The Morgan fingerprint density at radius 3 is 2.90 bits per heavy atom. The molecule has 6 heteroatoms. The maximum atomic E-state index is 12.1. The van der Waals surface area contributed by atoms with Gasteiger partial charge in [0.1, 0.15) is 0 Å². The van der Waals surface area contributed by atoms with Crippen LogP contribution in [0.2, 0.25) is 0 Å². The summed E-state index contributed by atoms with van der Waals surface area (Å²) in [7, 11) is -0.907. The van der Waals surface area contributed by atoms with E-state index in [4.69, 9.17) is 0 Å². The Labute approximate surface area is 124 Å². The summed E-state index contributed by atoms with van der Waals surface area (Å²) in [6, 6.07) is 7.24. The van der Waals surface area contributed by atoms with Crippen LogP contribution in [0.25, 0.3) is 0 Å². The molecule has 4 nitrogen and oxygen atoms in total. The first kappa shape index (κ1) is 14.9. The average Bonchev–Trinajstić information content (AvgIpc) is 2.81. The summed E-state index contributed by atoms with van der Waals surface area (Å²) in [5.74, 6) is 0.342. The highest BCUT2D eigenvalue weighted by molar-refractivity contribution is 7.83. The Bertz CT molecular complexity index is 638. The highest BCUT2D eigenvalue weighted by atomic mass is 32.2. The zero-order valence-electron chi connectivity index (χ0n) is 11.4. The standard InChI is InChI=1S/C14H16N2O2S2/c1-10-15-7-13(19-10)8-16-14(17)12-5-3-4-11(6-12)9-20(2)18/h3-7H,8-9H2,1-2H3,(H,16,17). The van der Waals surface area contributed by atoms with Gasteiger partial charge in [0.15, 0.2) is 0 Å². The Hall–Kier alpha value is -1.53. The van der Waals surface area contributed by atoms with E-state index in [1.54, 1.807) is 35.9 Å². The van der Waals surface area contributed by atoms with Gasteiger partial charge in [0, 0.05) is 39.4 Å². The summed E-state index contributed by atoms with van der Waals surface area (Å²) in [5, 5.41) is 3.85. The van der Waals surface area contributed by atoms with Gasteiger partial charge < -0.3 is 5.32 Å². The molecule has 20 heavy (non-hydrogen) atoms. The molecule has 1 aromatic carbocycles. The molecule has 0 saturated heterocycles. The molecular formula is C14H16N2O2S2. The van der Waals surface area contributed by atoms with Gasteiger partial charge in [-0.2, -0.15) is 0 Å².